The van der Waals surface area contributed by atoms with Crippen LogP contribution in [0.4, 0.5) is 0 Å². The van der Waals surface area contributed by atoms with E-state index in [1.54, 1.807) is 62.4 Å². The molecule has 0 N–H and O–H groups in total. The third-order valence-corrected chi connectivity index (χ3v) is 5.76. The molecule has 0 saturated heterocycles. The first-order chi connectivity index (χ1) is 20.1. The second kappa shape index (κ2) is 13.1. The van der Waals surface area contributed by atoms with E-state index in [0.29, 0.717) is 22.6 Å². The van der Waals surface area contributed by atoms with Crippen LogP contribution in [0.25, 0.3) is 11.1 Å². The number of benzene rings is 4. The highest BCUT2D eigenvalue weighted by atomic mass is 16.5. The van der Waals surface area contributed by atoms with Gasteiger partial charge < -0.3 is 18.9 Å². The SMILES string of the molecule is C=C(C)C(=O)Oc1ccc(OC(=O)c2ccc(OC(=O)c3ccc(-c4ccc(OC(=O)C(=C)C)cc4)cc3)cc2)cc1. The van der Waals surface area contributed by atoms with Gasteiger partial charge in [-0.25, -0.2) is 19.2 Å². The fourth-order valence-corrected chi connectivity index (χ4v) is 3.47. The van der Waals surface area contributed by atoms with Gasteiger partial charge in [-0.3, -0.25) is 0 Å². The van der Waals surface area contributed by atoms with Crippen LogP contribution in [0.3, 0.4) is 0 Å². The predicted molar refractivity (Wildman–Crippen MR) is 156 cm³/mol. The highest BCUT2D eigenvalue weighted by Crippen LogP contribution is 2.24. The molecule has 4 rings (SSSR count). The van der Waals surface area contributed by atoms with E-state index < -0.39 is 23.9 Å². The molecule has 0 fully saturated rings. The Hall–Kier alpha value is -5.76. The van der Waals surface area contributed by atoms with Crippen molar-refractivity contribution in [3.63, 3.8) is 0 Å². The molecule has 4 aromatic carbocycles. The molecule has 0 unspecified atom stereocenters. The Bertz CT molecular complexity index is 1650. The molecule has 0 bridgehead atoms. The fourth-order valence-electron chi connectivity index (χ4n) is 3.47. The Kier molecular flexibility index (Phi) is 9.09. The van der Waals surface area contributed by atoms with Gasteiger partial charge in [0.05, 0.1) is 11.1 Å². The van der Waals surface area contributed by atoms with Crippen molar-refractivity contribution in [1.29, 1.82) is 0 Å². The number of esters is 4. The topological polar surface area (TPSA) is 105 Å². The Labute approximate surface area is 242 Å². The minimum atomic E-state index is -0.614. The number of hydrogen-bond donors (Lipinski definition) is 0. The smallest absolute Gasteiger partial charge is 0.343 e. The zero-order valence-electron chi connectivity index (χ0n) is 22.9. The molecule has 42 heavy (non-hydrogen) atoms. The van der Waals surface area contributed by atoms with Gasteiger partial charge in [-0.2, -0.15) is 0 Å². The summed E-state index contributed by atoms with van der Waals surface area (Å²) in [7, 11) is 0. The van der Waals surface area contributed by atoms with E-state index in [2.05, 4.69) is 13.2 Å². The lowest BCUT2D eigenvalue weighted by atomic mass is 10.0. The van der Waals surface area contributed by atoms with Gasteiger partial charge in [0, 0.05) is 11.1 Å². The molecule has 0 aliphatic rings. The van der Waals surface area contributed by atoms with Crippen LogP contribution in [0.1, 0.15) is 34.6 Å². The summed E-state index contributed by atoms with van der Waals surface area (Å²) < 4.78 is 21.1. The molecule has 8 heteroatoms. The fraction of sp³-hybridized carbons (Fsp3) is 0.0588. The largest absolute Gasteiger partial charge is 0.423 e. The molecule has 0 atom stereocenters. The van der Waals surface area contributed by atoms with Crippen molar-refractivity contribution in [3.05, 3.63) is 132 Å². The van der Waals surface area contributed by atoms with Crippen molar-refractivity contribution in [3.8, 4) is 34.1 Å². The van der Waals surface area contributed by atoms with Gasteiger partial charge in [0.2, 0.25) is 0 Å². The summed E-state index contributed by atoms with van der Waals surface area (Å²) in [4.78, 5) is 48.4. The summed E-state index contributed by atoms with van der Waals surface area (Å²) in [5, 5.41) is 0. The van der Waals surface area contributed by atoms with Crippen molar-refractivity contribution in [2.75, 3.05) is 0 Å². The van der Waals surface area contributed by atoms with E-state index in [9.17, 15) is 19.2 Å². The summed E-state index contributed by atoms with van der Waals surface area (Å²) in [6.07, 6.45) is 0. The van der Waals surface area contributed by atoms with Gasteiger partial charge in [0.1, 0.15) is 23.0 Å². The third-order valence-electron chi connectivity index (χ3n) is 5.76. The molecule has 4 aromatic rings. The summed E-state index contributed by atoms with van der Waals surface area (Å²) in [5.74, 6) is -1.01. The monoisotopic (exact) mass is 562 g/mol. The standard InChI is InChI=1S/C34H26O8/c1-21(2)31(35)39-27-13-9-24(10-14-27)23-5-7-25(8-6-23)33(37)41-28-15-11-26(12-16-28)34(38)42-30-19-17-29(18-20-30)40-32(36)22(3)4/h5-20H,1,3H2,2,4H3. The van der Waals surface area contributed by atoms with Gasteiger partial charge in [0.25, 0.3) is 0 Å². The van der Waals surface area contributed by atoms with Crippen LogP contribution >= 0.6 is 0 Å². The van der Waals surface area contributed by atoms with Gasteiger partial charge in [-0.15, -0.1) is 0 Å². The minimum absolute atomic E-state index is 0.248. The van der Waals surface area contributed by atoms with E-state index in [1.807, 2.05) is 0 Å². The molecule has 0 aromatic heterocycles. The van der Waals surface area contributed by atoms with Gasteiger partial charge in [0.15, 0.2) is 0 Å². The maximum absolute atomic E-state index is 12.7. The molecule has 0 radical (unpaired) electrons. The molecule has 0 spiro atoms. The van der Waals surface area contributed by atoms with Crippen LogP contribution in [0, 0.1) is 0 Å². The molecule has 0 aliphatic heterocycles. The van der Waals surface area contributed by atoms with Gasteiger partial charge >= 0.3 is 23.9 Å². The maximum Gasteiger partial charge on any atom is 0.343 e. The van der Waals surface area contributed by atoms with E-state index in [4.69, 9.17) is 18.9 Å². The van der Waals surface area contributed by atoms with Crippen LogP contribution in [0.5, 0.6) is 23.0 Å². The summed E-state index contributed by atoms with van der Waals surface area (Å²) >= 11 is 0. The van der Waals surface area contributed by atoms with Crippen LogP contribution in [-0.4, -0.2) is 23.9 Å². The molecular formula is C34H26O8. The lowest BCUT2D eigenvalue weighted by molar-refractivity contribution is -0.130. The summed E-state index contributed by atoms with van der Waals surface area (Å²) in [6.45, 7) is 10.2. The van der Waals surface area contributed by atoms with Crippen LogP contribution < -0.4 is 18.9 Å². The number of rotatable bonds is 9. The Morgan fingerprint density at radius 1 is 0.429 bits per heavy atom. The van der Waals surface area contributed by atoms with Crippen molar-refractivity contribution in [2.45, 2.75) is 13.8 Å². The molecule has 0 heterocycles. The zero-order chi connectivity index (χ0) is 30.2. The second-order valence-corrected chi connectivity index (χ2v) is 9.22. The van der Waals surface area contributed by atoms with Crippen molar-refractivity contribution >= 4 is 23.9 Å². The average Bonchev–Trinajstić information content (AvgIpc) is 2.98. The Balaban J connectivity index is 1.31. The third kappa shape index (κ3) is 7.67. The number of hydrogen-bond acceptors (Lipinski definition) is 8. The van der Waals surface area contributed by atoms with Gasteiger partial charge in [-0.05, 0) is 97.8 Å². The number of ether oxygens (including phenoxy) is 4. The summed E-state index contributed by atoms with van der Waals surface area (Å²) in [5.41, 5.74) is 2.89. The van der Waals surface area contributed by atoms with Gasteiger partial charge in [-0.1, -0.05) is 37.4 Å². The molecule has 210 valence electrons. The number of carbonyl (C=O) groups is 4. The maximum atomic E-state index is 12.7. The first kappa shape index (κ1) is 29.2. The minimum Gasteiger partial charge on any atom is -0.423 e. The molecule has 0 amide bonds. The van der Waals surface area contributed by atoms with Crippen molar-refractivity contribution < 1.29 is 38.1 Å². The van der Waals surface area contributed by atoms with E-state index in [0.717, 1.165) is 11.1 Å². The quantitative estimate of drug-likeness (QED) is 0.125. The highest BCUT2D eigenvalue weighted by molar-refractivity contribution is 5.93. The predicted octanol–water partition coefficient (Wildman–Crippen LogP) is 6.76. The molecule has 8 nitrogen and oxygen atoms in total. The van der Waals surface area contributed by atoms with Crippen molar-refractivity contribution in [2.24, 2.45) is 0 Å². The van der Waals surface area contributed by atoms with Crippen LogP contribution in [0.2, 0.25) is 0 Å². The first-order valence-corrected chi connectivity index (χ1v) is 12.7. The molecule has 0 saturated carbocycles. The van der Waals surface area contributed by atoms with E-state index in [-0.39, 0.29) is 22.6 Å². The zero-order valence-corrected chi connectivity index (χ0v) is 22.9. The van der Waals surface area contributed by atoms with E-state index in [1.165, 1.54) is 48.5 Å². The van der Waals surface area contributed by atoms with E-state index >= 15 is 0 Å². The highest BCUT2D eigenvalue weighted by Gasteiger charge is 2.13. The first-order valence-electron chi connectivity index (χ1n) is 12.7. The lowest BCUT2D eigenvalue weighted by Gasteiger charge is -2.08. The summed E-state index contributed by atoms with van der Waals surface area (Å²) in [6, 6.07) is 25.7. The normalized spacial score (nSPS) is 10.2. The lowest BCUT2D eigenvalue weighted by Crippen LogP contribution is -2.10. The Morgan fingerprint density at radius 2 is 0.690 bits per heavy atom. The van der Waals surface area contributed by atoms with Crippen molar-refractivity contribution in [1.82, 2.24) is 0 Å². The molecular weight excluding hydrogens is 536 g/mol. The molecule has 0 aliphatic carbocycles. The second-order valence-electron chi connectivity index (χ2n) is 9.22. The Morgan fingerprint density at radius 3 is 1.05 bits per heavy atom. The van der Waals surface area contributed by atoms with Crippen LogP contribution in [0.15, 0.2) is 121 Å². The average molecular weight is 563 g/mol. The van der Waals surface area contributed by atoms with Crippen LogP contribution in [-0.2, 0) is 9.59 Å². The number of carbonyl (C=O) groups excluding carboxylic acids is 4.